The Bertz CT molecular complexity index is 750. The summed E-state index contributed by atoms with van der Waals surface area (Å²) in [6.45, 7) is 4.72. The lowest BCUT2D eigenvalue weighted by Gasteiger charge is -2.23. The molecule has 2 unspecified atom stereocenters. The van der Waals surface area contributed by atoms with Crippen LogP contribution in [-0.2, 0) is 14.3 Å². The maximum absolute atomic E-state index is 12.4. The van der Waals surface area contributed by atoms with Crippen LogP contribution < -0.4 is 10.6 Å². The highest BCUT2D eigenvalue weighted by Gasteiger charge is 2.40. The van der Waals surface area contributed by atoms with Crippen molar-refractivity contribution in [2.75, 3.05) is 13.1 Å². The number of amides is 3. The van der Waals surface area contributed by atoms with Gasteiger partial charge in [0.25, 0.3) is 5.91 Å². The van der Waals surface area contributed by atoms with Gasteiger partial charge in [-0.1, -0.05) is 18.2 Å². The lowest BCUT2D eigenvalue weighted by molar-refractivity contribution is -0.147. The summed E-state index contributed by atoms with van der Waals surface area (Å²) in [4.78, 5) is 49.0. The van der Waals surface area contributed by atoms with Crippen LogP contribution in [0.2, 0.25) is 0 Å². The van der Waals surface area contributed by atoms with Crippen molar-refractivity contribution >= 4 is 36.3 Å². The van der Waals surface area contributed by atoms with Gasteiger partial charge in [0, 0.05) is 24.6 Å². The summed E-state index contributed by atoms with van der Waals surface area (Å²) in [7, 11) is 0. The molecule has 2 atom stereocenters. The van der Waals surface area contributed by atoms with Crippen LogP contribution in [0, 0.1) is 0 Å². The van der Waals surface area contributed by atoms with Crippen molar-refractivity contribution in [2.45, 2.75) is 44.9 Å². The zero-order valence-corrected chi connectivity index (χ0v) is 17.3. The summed E-state index contributed by atoms with van der Waals surface area (Å²) in [5, 5.41) is 14.5. The number of nitrogens with one attached hydrogen (secondary N) is 2. The predicted octanol–water partition coefficient (Wildman–Crippen LogP) is 1.42. The number of halogens is 1. The molecule has 3 N–H and O–H groups in total. The summed E-state index contributed by atoms with van der Waals surface area (Å²) in [5.41, 5.74) is -0.261. The topological polar surface area (TPSA) is 125 Å². The van der Waals surface area contributed by atoms with Crippen molar-refractivity contribution in [3.05, 3.63) is 35.9 Å². The highest BCUT2D eigenvalue weighted by molar-refractivity contribution is 5.94. The fraction of sp³-hybridized carbons (Fsp3) is 0.474. The van der Waals surface area contributed by atoms with Crippen molar-refractivity contribution in [3.63, 3.8) is 0 Å². The molecule has 1 aromatic rings. The Hall–Kier alpha value is -2.81. The van der Waals surface area contributed by atoms with E-state index in [1.807, 2.05) is 0 Å². The van der Waals surface area contributed by atoms with E-state index in [1.165, 1.54) is 0 Å². The summed E-state index contributed by atoms with van der Waals surface area (Å²) in [5.74, 6) is -2.06. The number of hydrogen-bond acceptors (Lipinski definition) is 5. The molecule has 1 saturated heterocycles. The van der Waals surface area contributed by atoms with Crippen molar-refractivity contribution in [1.82, 2.24) is 15.5 Å². The fourth-order valence-electron chi connectivity index (χ4n) is 2.87. The highest BCUT2D eigenvalue weighted by atomic mass is 35.5. The minimum absolute atomic E-state index is 0. The Balaban J connectivity index is 0.00000420. The average Bonchev–Trinajstić information content (AvgIpc) is 3.03. The summed E-state index contributed by atoms with van der Waals surface area (Å²) >= 11 is 0. The van der Waals surface area contributed by atoms with Crippen LogP contribution in [0.4, 0.5) is 4.79 Å². The van der Waals surface area contributed by atoms with Gasteiger partial charge in [-0.25, -0.2) is 9.59 Å². The van der Waals surface area contributed by atoms with Gasteiger partial charge < -0.3 is 25.4 Å². The molecule has 160 valence electrons. The van der Waals surface area contributed by atoms with Crippen LogP contribution in [0.3, 0.4) is 0 Å². The first kappa shape index (κ1) is 24.2. The molecule has 0 aromatic heterocycles. The second-order valence-electron chi connectivity index (χ2n) is 7.53. The number of benzene rings is 1. The van der Waals surface area contributed by atoms with Gasteiger partial charge >= 0.3 is 12.1 Å². The number of ether oxygens (including phenoxy) is 1. The van der Waals surface area contributed by atoms with Crippen LogP contribution in [0.1, 0.15) is 37.6 Å². The monoisotopic (exact) mass is 427 g/mol. The van der Waals surface area contributed by atoms with Gasteiger partial charge in [0.05, 0.1) is 0 Å². The van der Waals surface area contributed by atoms with E-state index in [0.29, 0.717) is 5.56 Å². The van der Waals surface area contributed by atoms with Gasteiger partial charge in [-0.2, -0.15) is 0 Å². The zero-order valence-electron chi connectivity index (χ0n) is 16.5. The Morgan fingerprint density at radius 1 is 1.17 bits per heavy atom. The lowest BCUT2D eigenvalue weighted by Crippen LogP contribution is -2.46. The van der Waals surface area contributed by atoms with Crippen LogP contribution in [0.15, 0.2) is 30.3 Å². The van der Waals surface area contributed by atoms with Gasteiger partial charge in [0.2, 0.25) is 5.91 Å². The van der Waals surface area contributed by atoms with Crippen molar-refractivity contribution in [2.24, 2.45) is 0 Å². The number of carboxylic acid groups (broad SMARTS) is 1. The molecule has 9 nitrogen and oxygen atoms in total. The van der Waals surface area contributed by atoms with Gasteiger partial charge in [-0.3, -0.25) is 9.59 Å². The molecule has 3 amide bonds. The van der Waals surface area contributed by atoms with Crippen molar-refractivity contribution in [1.29, 1.82) is 0 Å². The zero-order chi connectivity index (χ0) is 20.9. The van der Waals surface area contributed by atoms with E-state index in [2.05, 4.69) is 10.6 Å². The first-order valence-electron chi connectivity index (χ1n) is 8.92. The third kappa shape index (κ3) is 7.26. The van der Waals surface area contributed by atoms with E-state index < -0.39 is 42.2 Å². The molecule has 1 fully saturated rings. The van der Waals surface area contributed by atoms with Gasteiger partial charge in [0.15, 0.2) is 0 Å². The molecule has 1 aliphatic heterocycles. The fourth-order valence-corrected chi connectivity index (χ4v) is 2.87. The second kappa shape index (κ2) is 10.1. The predicted molar refractivity (Wildman–Crippen MR) is 107 cm³/mol. The molecular weight excluding hydrogens is 402 g/mol. The molecule has 1 aliphatic rings. The van der Waals surface area contributed by atoms with Crippen LogP contribution in [0.5, 0.6) is 0 Å². The minimum Gasteiger partial charge on any atom is -0.480 e. The molecule has 10 heteroatoms. The van der Waals surface area contributed by atoms with E-state index in [4.69, 9.17) is 4.74 Å². The normalized spacial score (nSPS) is 18.4. The van der Waals surface area contributed by atoms with Crippen LogP contribution in [0.25, 0.3) is 0 Å². The number of aliphatic carboxylic acids is 1. The number of alkyl carbamates (subject to hydrolysis) is 1. The van der Waals surface area contributed by atoms with E-state index in [0.717, 1.165) is 4.90 Å². The molecule has 1 aromatic carbocycles. The van der Waals surface area contributed by atoms with E-state index >= 15 is 0 Å². The average molecular weight is 428 g/mol. The molecule has 0 radical (unpaired) electrons. The number of carbonyl (C=O) groups excluding carboxylic acids is 3. The third-order valence-electron chi connectivity index (χ3n) is 4.06. The smallest absolute Gasteiger partial charge is 0.408 e. The van der Waals surface area contributed by atoms with Gasteiger partial charge in [0.1, 0.15) is 18.2 Å². The SMILES string of the molecule is CC(C)(C)OC(=O)NCC(=O)N1CC(NC(=O)c2ccccc2)CC1C(=O)O.Cl. The largest absolute Gasteiger partial charge is 0.480 e. The Labute approximate surface area is 175 Å². The molecule has 0 aliphatic carbocycles. The maximum Gasteiger partial charge on any atom is 0.408 e. The first-order chi connectivity index (χ1) is 13.1. The number of carbonyl (C=O) groups is 4. The van der Waals surface area contributed by atoms with Gasteiger partial charge in [-0.15, -0.1) is 12.4 Å². The highest BCUT2D eigenvalue weighted by Crippen LogP contribution is 2.19. The van der Waals surface area contributed by atoms with E-state index in [-0.39, 0.29) is 31.3 Å². The summed E-state index contributed by atoms with van der Waals surface area (Å²) in [6, 6.07) is 6.95. The third-order valence-corrected chi connectivity index (χ3v) is 4.06. The molecular formula is C19H26ClN3O6. The van der Waals surface area contributed by atoms with Gasteiger partial charge in [-0.05, 0) is 32.9 Å². The van der Waals surface area contributed by atoms with E-state index in [9.17, 15) is 24.3 Å². The number of hydrogen-bond donors (Lipinski definition) is 3. The molecule has 0 bridgehead atoms. The maximum atomic E-state index is 12.4. The molecule has 2 rings (SSSR count). The molecule has 0 saturated carbocycles. The second-order valence-corrected chi connectivity index (χ2v) is 7.53. The Morgan fingerprint density at radius 2 is 1.79 bits per heavy atom. The number of rotatable bonds is 5. The Morgan fingerprint density at radius 3 is 2.34 bits per heavy atom. The number of carboxylic acids is 1. The number of nitrogens with zero attached hydrogens (tertiary/aromatic N) is 1. The Kier molecular flexibility index (Phi) is 8.44. The quantitative estimate of drug-likeness (QED) is 0.652. The first-order valence-corrected chi connectivity index (χ1v) is 8.92. The molecule has 1 heterocycles. The van der Waals surface area contributed by atoms with Crippen LogP contribution >= 0.6 is 12.4 Å². The summed E-state index contributed by atoms with van der Waals surface area (Å²) in [6.07, 6.45) is -0.674. The van der Waals surface area contributed by atoms with Crippen molar-refractivity contribution < 1.29 is 29.0 Å². The molecule has 29 heavy (non-hydrogen) atoms. The standard InChI is InChI=1S/C19H25N3O6.ClH/c1-19(2,3)28-18(27)20-10-15(23)22-11-13(9-14(22)17(25)26)21-16(24)12-7-5-4-6-8-12;/h4-8,13-14H,9-11H2,1-3H3,(H,20,27)(H,21,24)(H,25,26);1H. The van der Waals surface area contributed by atoms with Crippen LogP contribution in [-0.4, -0.2) is 64.7 Å². The summed E-state index contributed by atoms with van der Waals surface area (Å²) < 4.78 is 5.05. The molecule has 0 spiro atoms. The lowest BCUT2D eigenvalue weighted by atomic mass is 10.1. The van der Waals surface area contributed by atoms with E-state index in [1.54, 1.807) is 51.1 Å². The number of likely N-dealkylation sites (tertiary alicyclic amines) is 1. The van der Waals surface area contributed by atoms with Crippen molar-refractivity contribution in [3.8, 4) is 0 Å². The minimum atomic E-state index is -1.16.